The van der Waals surface area contributed by atoms with E-state index in [0.29, 0.717) is 41.4 Å². The zero-order chi connectivity index (χ0) is 24.3. The minimum atomic E-state index is -3.53. The molecule has 0 saturated carbocycles. The summed E-state index contributed by atoms with van der Waals surface area (Å²) >= 11 is 8.22. The number of sulfone groups is 1. The number of hydrogen-bond acceptors (Lipinski definition) is 7. The van der Waals surface area contributed by atoms with E-state index in [1.54, 1.807) is 36.5 Å². The molecule has 2 aliphatic rings. The molecule has 1 saturated heterocycles. The van der Waals surface area contributed by atoms with E-state index in [9.17, 15) is 13.2 Å². The van der Waals surface area contributed by atoms with Crippen molar-refractivity contribution in [3.63, 3.8) is 0 Å². The average Bonchev–Trinajstić information content (AvgIpc) is 3.23. The third-order valence-corrected chi connectivity index (χ3v) is 9.70. The van der Waals surface area contributed by atoms with E-state index in [4.69, 9.17) is 16.3 Å². The zero-order valence-corrected chi connectivity index (χ0v) is 21.8. The van der Waals surface area contributed by atoms with Crippen LogP contribution < -0.4 is 0 Å². The van der Waals surface area contributed by atoms with Gasteiger partial charge in [0, 0.05) is 40.3 Å². The van der Waals surface area contributed by atoms with Gasteiger partial charge in [-0.25, -0.2) is 13.2 Å². The predicted molar refractivity (Wildman–Crippen MR) is 137 cm³/mol. The van der Waals surface area contributed by atoms with Crippen LogP contribution in [0.25, 0.3) is 0 Å². The van der Waals surface area contributed by atoms with Crippen molar-refractivity contribution in [2.24, 2.45) is 4.99 Å². The lowest BCUT2D eigenvalue weighted by Gasteiger charge is -2.33. The first-order chi connectivity index (χ1) is 16.3. The number of fused-ring (bicyclic) bond motifs is 1. The molecule has 1 aromatic heterocycles. The van der Waals surface area contributed by atoms with Gasteiger partial charge in [-0.15, -0.1) is 11.3 Å². The first-order valence-electron chi connectivity index (χ1n) is 11.4. The summed E-state index contributed by atoms with van der Waals surface area (Å²) in [4.78, 5) is 21.3. The first-order valence-corrected chi connectivity index (χ1v) is 14.4. The molecule has 0 amide bonds. The number of likely N-dealkylation sites (N-methyl/N-ethyl adjacent to an activating group) is 1. The average molecular weight is 521 g/mol. The SMILES string of the molecule is CC1=C(C(=O)OCCN(C)Cc2cccs2)C(c2ccccc2Cl)C2C(=N1)CCCCS2(=O)=O. The Hall–Kier alpha value is -2.00. The number of allylic oxidation sites excluding steroid dienone is 1. The Labute approximate surface area is 210 Å². The number of hydrogen-bond donors (Lipinski definition) is 0. The van der Waals surface area contributed by atoms with Crippen LogP contribution in [-0.2, 0) is 25.9 Å². The largest absolute Gasteiger partial charge is 0.461 e. The number of ether oxygens (including phenoxy) is 1. The number of benzene rings is 1. The molecule has 0 radical (unpaired) electrons. The van der Waals surface area contributed by atoms with Crippen LogP contribution in [0.4, 0.5) is 0 Å². The standard InChI is InChI=1S/C25H29ClN2O4S2/c1-17-22(25(29)32-13-12-28(2)16-18-8-7-14-33-18)23(19-9-3-4-10-20(19)26)24-21(27-17)11-5-6-15-34(24,30)31/h3-4,7-10,14,23-24H,5-6,11-13,15-16H2,1-2H3. The molecule has 6 nitrogen and oxygen atoms in total. The summed E-state index contributed by atoms with van der Waals surface area (Å²) in [6, 6.07) is 11.2. The maximum Gasteiger partial charge on any atom is 0.336 e. The highest BCUT2D eigenvalue weighted by Gasteiger charge is 2.46. The van der Waals surface area contributed by atoms with Crippen molar-refractivity contribution in [2.45, 2.75) is 43.9 Å². The van der Waals surface area contributed by atoms with E-state index in [1.807, 2.05) is 24.6 Å². The third-order valence-electron chi connectivity index (χ3n) is 6.31. The number of esters is 1. The molecule has 4 rings (SSSR count). The number of carbonyl (C=O) groups is 1. The van der Waals surface area contributed by atoms with Gasteiger partial charge in [0.2, 0.25) is 0 Å². The van der Waals surface area contributed by atoms with Gasteiger partial charge in [-0.2, -0.15) is 0 Å². The van der Waals surface area contributed by atoms with E-state index in [2.05, 4.69) is 16.0 Å². The number of rotatable bonds is 7. The number of thiophene rings is 1. The van der Waals surface area contributed by atoms with Crippen LogP contribution in [-0.4, -0.2) is 56.2 Å². The molecular weight excluding hydrogens is 492 g/mol. The lowest BCUT2D eigenvalue weighted by atomic mass is 9.82. The minimum absolute atomic E-state index is 0.0759. The van der Waals surface area contributed by atoms with E-state index < -0.39 is 27.0 Å². The van der Waals surface area contributed by atoms with Gasteiger partial charge in [0.05, 0.1) is 11.3 Å². The quantitative estimate of drug-likeness (QED) is 0.487. The summed E-state index contributed by atoms with van der Waals surface area (Å²) in [5.74, 6) is -1.19. The highest BCUT2D eigenvalue weighted by Crippen LogP contribution is 2.43. The summed E-state index contributed by atoms with van der Waals surface area (Å²) in [5, 5.41) is 1.57. The molecule has 2 aromatic rings. The fraction of sp³-hybridized carbons (Fsp3) is 0.440. The second-order valence-electron chi connectivity index (χ2n) is 8.80. The molecular formula is C25H29ClN2O4S2. The second-order valence-corrected chi connectivity index (χ2v) is 12.5. The minimum Gasteiger partial charge on any atom is -0.461 e. The van der Waals surface area contributed by atoms with Gasteiger partial charge >= 0.3 is 5.97 Å². The van der Waals surface area contributed by atoms with E-state index in [1.165, 1.54) is 4.88 Å². The molecule has 182 valence electrons. The monoisotopic (exact) mass is 520 g/mol. The molecule has 2 unspecified atom stereocenters. The van der Waals surface area contributed by atoms with Crippen molar-refractivity contribution in [3.8, 4) is 0 Å². The maximum atomic E-state index is 13.4. The molecule has 2 aliphatic heterocycles. The molecule has 2 atom stereocenters. The lowest BCUT2D eigenvalue weighted by Crippen LogP contribution is -2.41. The van der Waals surface area contributed by atoms with Crippen molar-refractivity contribution >= 4 is 44.5 Å². The van der Waals surface area contributed by atoms with Crippen molar-refractivity contribution < 1.29 is 17.9 Å². The van der Waals surface area contributed by atoms with Gasteiger partial charge in [-0.05, 0) is 56.3 Å². The first kappa shape index (κ1) is 25.1. The number of nitrogens with zero attached hydrogens (tertiary/aromatic N) is 2. The van der Waals surface area contributed by atoms with Gasteiger partial charge in [0.15, 0.2) is 9.84 Å². The molecule has 3 heterocycles. The second kappa shape index (κ2) is 10.7. The molecule has 0 N–H and O–H groups in total. The highest BCUT2D eigenvalue weighted by atomic mass is 35.5. The van der Waals surface area contributed by atoms with Crippen LogP contribution >= 0.6 is 22.9 Å². The Bertz CT molecular complexity index is 1210. The lowest BCUT2D eigenvalue weighted by molar-refractivity contribution is -0.139. The zero-order valence-electron chi connectivity index (χ0n) is 19.4. The van der Waals surface area contributed by atoms with Crippen LogP contribution in [0.2, 0.25) is 5.02 Å². The molecule has 34 heavy (non-hydrogen) atoms. The number of carbonyl (C=O) groups excluding carboxylic acids is 1. The van der Waals surface area contributed by atoms with Crippen LogP contribution in [0.5, 0.6) is 0 Å². The Kier molecular flexibility index (Phi) is 7.92. The molecule has 0 spiro atoms. The maximum absolute atomic E-state index is 13.4. The van der Waals surface area contributed by atoms with Gasteiger partial charge in [-0.1, -0.05) is 35.9 Å². The van der Waals surface area contributed by atoms with E-state index >= 15 is 0 Å². The Balaban J connectivity index is 1.61. The smallest absolute Gasteiger partial charge is 0.336 e. The van der Waals surface area contributed by atoms with Crippen molar-refractivity contribution in [2.75, 3.05) is 26.0 Å². The van der Waals surface area contributed by atoms with Gasteiger partial charge in [0.1, 0.15) is 11.9 Å². The molecule has 0 aliphatic carbocycles. The van der Waals surface area contributed by atoms with Crippen molar-refractivity contribution in [1.29, 1.82) is 0 Å². The molecule has 0 bridgehead atoms. The van der Waals surface area contributed by atoms with Gasteiger partial charge in [0.25, 0.3) is 0 Å². The summed E-state index contributed by atoms with van der Waals surface area (Å²) in [6.45, 7) is 3.28. The summed E-state index contributed by atoms with van der Waals surface area (Å²) in [7, 11) is -1.55. The van der Waals surface area contributed by atoms with E-state index in [0.717, 1.165) is 13.0 Å². The van der Waals surface area contributed by atoms with Crippen LogP contribution in [0, 0.1) is 0 Å². The molecule has 1 aromatic carbocycles. The molecule has 1 fully saturated rings. The van der Waals surface area contributed by atoms with Gasteiger partial charge in [-0.3, -0.25) is 9.89 Å². The summed E-state index contributed by atoms with van der Waals surface area (Å²) < 4.78 is 32.4. The fourth-order valence-corrected chi connectivity index (χ4v) is 7.88. The summed E-state index contributed by atoms with van der Waals surface area (Å²) in [6.07, 6.45) is 1.94. The number of aliphatic imine (C=N–C) groups is 1. The normalized spacial score (nSPS) is 22.2. The summed E-state index contributed by atoms with van der Waals surface area (Å²) in [5.41, 5.74) is 2.03. The van der Waals surface area contributed by atoms with Crippen LogP contribution in [0.15, 0.2) is 58.0 Å². The molecule has 9 heteroatoms. The van der Waals surface area contributed by atoms with Gasteiger partial charge < -0.3 is 4.74 Å². The predicted octanol–water partition coefficient (Wildman–Crippen LogP) is 4.86. The van der Waals surface area contributed by atoms with Crippen LogP contribution in [0.1, 0.15) is 42.5 Å². The highest BCUT2D eigenvalue weighted by molar-refractivity contribution is 7.92. The van der Waals surface area contributed by atoms with Crippen molar-refractivity contribution in [1.82, 2.24) is 4.90 Å². The Morgan fingerprint density at radius 2 is 2.03 bits per heavy atom. The Morgan fingerprint density at radius 3 is 2.76 bits per heavy atom. The Morgan fingerprint density at radius 1 is 1.24 bits per heavy atom. The van der Waals surface area contributed by atoms with Crippen molar-refractivity contribution in [3.05, 3.63) is 68.5 Å². The van der Waals surface area contributed by atoms with Crippen LogP contribution in [0.3, 0.4) is 0 Å². The van der Waals surface area contributed by atoms with E-state index in [-0.39, 0.29) is 17.9 Å². The number of halogens is 1. The fourth-order valence-electron chi connectivity index (χ4n) is 4.70. The topological polar surface area (TPSA) is 76.0 Å². The third kappa shape index (κ3) is 5.46.